The van der Waals surface area contributed by atoms with Crippen LogP contribution in [0.15, 0.2) is 37.9 Å². The maximum atomic E-state index is 3.68. The lowest BCUT2D eigenvalue weighted by Gasteiger charge is -2.20. The quantitative estimate of drug-likeness (QED) is 0.485. The fraction of sp³-hybridized carbons (Fsp3) is 0.286. The van der Waals surface area contributed by atoms with Gasteiger partial charge in [-0.3, -0.25) is 0 Å². The summed E-state index contributed by atoms with van der Waals surface area (Å²) in [4.78, 5) is 0. The number of hydrogen-bond acceptors (Lipinski definition) is 2. The summed E-state index contributed by atoms with van der Waals surface area (Å²) in [7, 11) is 0. The molecule has 0 saturated heterocycles. The smallest absolute Gasteiger partial charge is 0.0761 e. The maximum absolute atomic E-state index is 3.68. The van der Waals surface area contributed by atoms with Gasteiger partial charge in [0.1, 0.15) is 0 Å². The van der Waals surface area contributed by atoms with Crippen molar-refractivity contribution in [3.05, 3.63) is 52.6 Å². The minimum atomic E-state index is 0.241. The lowest BCUT2D eigenvalue weighted by atomic mass is 10.0. The van der Waals surface area contributed by atoms with E-state index in [1.54, 1.807) is 11.3 Å². The van der Waals surface area contributed by atoms with Crippen LogP contribution >= 0.6 is 65.8 Å². The standard InChI is InChI=1S/C14H14Br2INS/c1-2-7-18-13(9-5-3-4-6-11(9)17)10-8-12(15)19-14(10)16/h3-6,8,13,18H,2,7H2,1H3. The van der Waals surface area contributed by atoms with Gasteiger partial charge in [0.25, 0.3) is 0 Å². The summed E-state index contributed by atoms with van der Waals surface area (Å²) in [5.74, 6) is 0. The summed E-state index contributed by atoms with van der Waals surface area (Å²) in [5.41, 5.74) is 2.64. The second-order valence-corrected chi connectivity index (χ2v) is 9.10. The average molecular weight is 515 g/mol. The van der Waals surface area contributed by atoms with E-state index in [9.17, 15) is 0 Å². The van der Waals surface area contributed by atoms with Crippen molar-refractivity contribution < 1.29 is 0 Å². The Morgan fingerprint density at radius 2 is 2.00 bits per heavy atom. The van der Waals surface area contributed by atoms with Gasteiger partial charge >= 0.3 is 0 Å². The van der Waals surface area contributed by atoms with Crippen LogP contribution in [0.1, 0.15) is 30.5 Å². The predicted molar refractivity (Wildman–Crippen MR) is 99.0 cm³/mol. The van der Waals surface area contributed by atoms with Crippen LogP contribution in [-0.4, -0.2) is 6.54 Å². The first-order chi connectivity index (χ1) is 9.13. The Morgan fingerprint density at radius 1 is 1.26 bits per heavy atom. The third-order valence-corrected chi connectivity index (χ3v) is 6.18. The molecule has 1 aromatic heterocycles. The number of nitrogens with one attached hydrogen (secondary N) is 1. The van der Waals surface area contributed by atoms with E-state index in [0.29, 0.717) is 0 Å². The molecule has 0 fully saturated rings. The molecule has 19 heavy (non-hydrogen) atoms. The molecule has 2 rings (SSSR count). The minimum absolute atomic E-state index is 0.241. The number of halogens is 3. The Bertz CT molecular complexity index is 556. The lowest BCUT2D eigenvalue weighted by Crippen LogP contribution is -2.23. The van der Waals surface area contributed by atoms with E-state index in [4.69, 9.17) is 0 Å². The van der Waals surface area contributed by atoms with Crippen LogP contribution in [0.2, 0.25) is 0 Å². The molecule has 5 heteroatoms. The molecular weight excluding hydrogens is 501 g/mol. The van der Waals surface area contributed by atoms with Gasteiger partial charge in [0.05, 0.1) is 13.6 Å². The molecule has 2 aromatic rings. The molecule has 0 aliphatic rings. The zero-order chi connectivity index (χ0) is 13.8. The largest absolute Gasteiger partial charge is 0.306 e. The fourth-order valence-corrected chi connectivity index (χ4v) is 5.54. The molecule has 0 amide bonds. The van der Waals surface area contributed by atoms with Gasteiger partial charge in [0.2, 0.25) is 0 Å². The molecule has 0 aliphatic heterocycles. The van der Waals surface area contributed by atoms with Crippen LogP contribution in [0.4, 0.5) is 0 Å². The van der Waals surface area contributed by atoms with Gasteiger partial charge < -0.3 is 5.32 Å². The first kappa shape index (κ1) is 15.9. The summed E-state index contributed by atoms with van der Waals surface area (Å²) in [6.45, 7) is 3.20. The maximum Gasteiger partial charge on any atom is 0.0761 e. The molecule has 102 valence electrons. The van der Waals surface area contributed by atoms with Crippen LogP contribution < -0.4 is 5.32 Å². The zero-order valence-corrected chi connectivity index (χ0v) is 16.6. The number of benzene rings is 1. The van der Waals surface area contributed by atoms with E-state index < -0.39 is 0 Å². The van der Waals surface area contributed by atoms with E-state index in [1.165, 1.54) is 18.5 Å². The first-order valence-corrected chi connectivity index (χ1v) is 9.54. The molecule has 0 spiro atoms. The molecule has 1 aromatic carbocycles. The first-order valence-electron chi connectivity index (χ1n) is 6.06. The molecule has 0 aliphatic carbocycles. The number of rotatable bonds is 5. The van der Waals surface area contributed by atoms with Crippen LogP contribution in [0.3, 0.4) is 0 Å². The Morgan fingerprint density at radius 3 is 2.58 bits per heavy atom. The van der Waals surface area contributed by atoms with Crippen LogP contribution in [0, 0.1) is 3.57 Å². The summed E-state index contributed by atoms with van der Waals surface area (Å²) < 4.78 is 3.64. The van der Waals surface area contributed by atoms with E-state index in [1.807, 2.05) is 0 Å². The van der Waals surface area contributed by atoms with Crippen LogP contribution in [-0.2, 0) is 0 Å². The third-order valence-electron chi connectivity index (χ3n) is 2.81. The Labute approximate surface area is 148 Å². The van der Waals surface area contributed by atoms with E-state index in [0.717, 1.165) is 16.8 Å². The topological polar surface area (TPSA) is 12.0 Å². The molecule has 0 bridgehead atoms. The summed E-state index contributed by atoms with van der Waals surface area (Å²) in [5, 5.41) is 3.65. The van der Waals surface area contributed by atoms with Crippen molar-refractivity contribution in [2.45, 2.75) is 19.4 Å². The second-order valence-electron chi connectivity index (χ2n) is 4.19. The lowest BCUT2D eigenvalue weighted by molar-refractivity contribution is 0.596. The van der Waals surface area contributed by atoms with Crippen LogP contribution in [0.25, 0.3) is 0 Å². The van der Waals surface area contributed by atoms with Crippen molar-refractivity contribution in [3.8, 4) is 0 Å². The highest BCUT2D eigenvalue weighted by molar-refractivity contribution is 14.1. The van der Waals surface area contributed by atoms with Crippen molar-refractivity contribution in [2.24, 2.45) is 0 Å². The predicted octanol–water partition coefficient (Wildman–Crippen LogP) is 5.97. The number of thiophene rings is 1. The van der Waals surface area contributed by atoms with Crippen molar-refractivity contribution in [2.75, 3.05) is 6.54 Å². The third kappa shape index (κ3) is 4.03. The minimum Gasteiger partial charge on any atom is -0.306 e. The van der Waals surface area contributed by atoms with Gasteiger partial charge in [0.15, 0.2) is 0 Å². The highest BCUT2D eigenvalue weighted by atomic mass is 127. The van der Waals surface area contributed by atoms with Crippen molar-refractivity contribution >= 4 is 65.8 Å². The monoisotopic (exact) mass is 513 g/mol. The van der Waals surface area contributed by atoms with Gasteiger partial charge in [-0.05, 0) is 90.7 Å². The molecule has 1 unspecified atom stereocenters. The fourth-order valence-electron chi connectivity index (χ4n) is 1.94. The highest BCUT2D eigenvalue weighted by Crippen LogP contribution is 2.38. The molecule has 1 heterocycles. The molecule has 0 saturated carbocycles. The van der Waals surface area contributed by atoms with Crippen molar-refractivity contribution in [1.82, 2.24) is 5.32 Å². The highest BCUT2D eigenvalue weighted by Gasteiger charge is 2.20. The van der Waals surface area contributed by atoms with Crippen molar-refractivity contribution in [3.63, 3.8) is 0 Å². The van der Waals surface area contributed by atoms with E-state index in [-0.39, 0.29) is 6.04 Å². The van der Waals surface area contributed by atoms with Gasteiger partial charge in [-0.15, -0.1) is 11.3 Å². The Kier molecular flexibility index (Phi) is 6.33. The zero-order valence-electron chi connectivity index (χ0n) is 10.4. The molecular formula is C14H14Br2INS. The average Bonchev–Trinajstić information content (AvgIpc) is 2.71. The molecule has 1 atom stereocenters. The number of hydrogen-bond donors (Lipinski definition) is 1. The molecule has 1 nitrogen and oxygen atoms in total. The second kappa shape index (κ2) is 7.54. The van der Waals surface area contributed by atoms with Crippen molar-refractivity contribution in [1.29, 1.82) is 0 Å². The summed E-state index contributed by atoms with van der Waals surface area (Å²) in [6, 6.07) is 11.0. The van der Waals surface area contributed by atoms with Gasteiger partial charge in [0, 0.05) is 3.57 Å². The Balaban J connectivity index is 2.41. The molecule has 1 N–H and O–H groups in total. The molecule has 0 radical (unpaired) electrons. The summed E-state index contributed by atoms with van der Waals surface area (Å²) >= 11 is 11.4. The summed E-state index contributed by atoms with van der Waals surface area (Å²) in [6.07, 6.45) is 1.13. The van der Waals surface area contributed by atoms with Gasteiger partial charge in [-0.1, -0.05) is 25.1 Å². The van der Waals surface area contributed by atoms with E-state index >= 15 is 0 Å². The van der Waals surface area contributed by atoms with E-state index in [2.05, 4.69) is 97.0 Å². The SMILES string of the molecule is CCCNC(c1ccccc1I)c1cc(Br)sc1Br. The Hall–Kier alpha value is 0.570. The van der Waals surface area contributed by atoms with Crippen LogP contribution in [0.5, 0.6) is 0 Å². The van der Waals surface area contributed by atoms with Gasteiger partial charge in [-0.2, -0.15) is 0 Å². The normalized spacial score (nSPS) is 12.6. The van der Waals surface area contributed by atoms with Gasteiger partial charge in [-0.25, -0.2) is 0 Å².